The van der Waals surface area contributed by atoms with E-state index >= 15 is 0 Å². The molecule has 5 heteroatoms. The molecular weight excluding hydrogens is 276 g/mol. The van der Waals surface area contributed by atoms with Crippen LogP contribution in [0, 0.1) is 0 Å². The third-order valence-electron chi connectivity index (χ3n) is 3.78. The van der Waals surface area contributed by atoms with Crippen molar-refractivity contribution in [2.24, 2.45) is 0 Å². The number of benzene rings is 1. The maximum Gasteiger partial charge on any atom is 0.321 e. The summed E-state index contributed by atoms with van der Waals surface area (Å²) >= 11 is 0. The van der Waals surface area contributed by atoms with Gasteiger partial charge in [-0.25, -0.2) is 4.79 Å². The van der Waals surface area contributed by atoms with Gasteiger partial charge in [-0.15, -0.1) is 0 Å². The van der Waals surface area contributed by atoms with E-state index in [0.717, 1.165) is 30.8 Å². The molecule has 1 unspecified atom stereocenters. The summed E-state index contributed by atoms with van der Waals surface area (Å²) in [6, 6.07) is 14.0. The number of carbonyl (C=O) groups excluding carboxylic acids is 1. The number of amides is 2. The van der Waals surface area contributed by atoms with E-state index in [1.807, 2.05) is 23.1 Å². The maximum atomic E-state index is 12.3. The van der Waals surface area contributed by atoms with Gasteiger partial charge in [0.15, 0.2) is 0 Å². The predicted molar refractivity (Wildman–Crippen MR) is 87.9 cm³/mol. The highest BCUT2D eigenvalue weighted by atomic mass is 16.2. The van der Waals surface area contributed by atoms with E-state index in [0.29, 0.717) is 12.6 Å². The summed E-state index contributed by atoms with van der Waals surface area (Å²) in [4.78, 5) is 18.1. The molecule has 0 aliphatic carbocycles. The Hall–Kier alpha value is -2.56. The van der Waals surface area contributed by atoms with E-state index in [4.69, 9.17) is 0 Å². The van der Waals surface area contributed by atoms with Crippen LogP contribution in [0.25, 0.3) is 0 Å². The Balaban J connectivity index is 1.57. The van der Waals surface area contributed by atoms with Crippen LogP contribution < -0.4 is 10.6 Å². The van der Waals surface area contributed by atoms with Crippen LogP contribution in [-0.4, -0.2) is 35.0 Å². The SMILES string of the molecule is O=C(Nc1ccncc1)N1CCCC(Nc2ccccc2)C1. The van der Waals surface area contributed by atoms with Gasteiger partial charge in [-0.1, -0.05) is 18.2 Å². The van der Waals surface area contributed by atoms with Crippen LogP contribution in [-0.2, 0) is 0 Å². The minimum absolute atomic E-state index is 0.0502. The summed E-state index contributed by atoms with van der Waals surface area (Å²) in [7, 11) is 0. The Morgan fingerprint density at radius 1 is 1.09 bits per heavy atom. The molecule has 2 N–H and O–H groups in total. The lowest BCUT2D eigenvalue weighted by molar-refractivity contribution is 0.196. The monoisotopic (exact) mass is 296 g/mol. The van der Waals surface area contributed by atoms with Crippen molar-refractivity contribution in [1.82, 2.24) is 9.88 Å². The van der Waals surface area contributed by atoms with Crippen molar-refractivity contribution in [2.75, 3.05) is 23.7 Å². The van der Waals surface area contributed by atoms with Gasteiger partial charge in [0, 0.05) is 42.9 Å². The first-order valence-corrected chi connectivity index (χ1v) is 7.59. The molecule has 1 aromatic heterocycles. The van der Waals surface area contributed by atoms with Crippen molar-refractivity contribution >= 4 is 17.4 Å². The van der Waals surface area contributed by atoms with Crippen molar-refractivity contribution in [3.8, 4) is 0 Å². The smallest absolute Gasteiger partial charge is 0.321 e. The van der Waals surface area contributed by atoms with Crippen molar-refractivity contribution in [1.29, 1.82) is 0 Å². The number of urea groups is 1. The Bertz CT molecular complexity index is 603. The molecule has 1 aliphatic heterocycles. The van der Waals surface area contributed by atoms with E-state index in [9.17, 15) is 4.79 Å². The number of piperidine rings is 1. The average Bonchev–Trinajstić information content (AvgIpc) is 2.57. The highest BCUT2D eigenvalue weighted by Crippen LogP contribution is 2.17. The molecule has 1 aromatic carbocycles. The topological polar surface area (TPSA) is 57.3 Å². The fourth-order valence-corrected chi connectivity index (χ4v) is 2.69. The van der Waals surface area contributed by atoms with Gasteiger partial charge in [0.1, 0.15) is 0 Å². The molecule has 1 atom stereocenters. The first kappa shape index (κ1) is 14.4. The van der Waals surface area contributed by atoms with E-state index in [1.54, 1.807) is 24.5 Å². The van der Waals surface area contributed by atoms with Crippen molar-refractivity contribution < 1.29 is 4.79 Å². The highest BCUT2D eigenvalue weighted by molar-refractivity contribution is 5.89. The lowest BCUT2D eigenvalue weighted by Gasteiger charge is -2.33. The minimum atomic E-state index is -0.0502. The fourth-order valence-electron chi connectivity index (χ4n) is 2.69. The second kappa shape index (κ2) is 6.93. The fraction of sp³-hybridized carbons (Fsp3) is 0.294. The Labute approximate surface area is 130 Å². The highest BCUT2D eigenvalue weighted by Gasteiger charge is 2.23. The number of likely N-dealkylation sites (tertiary alicyclic amines) is 1. The first-order valence-electron chi connectivity index (χ1n) is 7.59. The molecule has 0 saturated carbocycles. The largest absolute Gasteiger partial charge is 0.381 e. The molecule has 1 saturated heterocycles. The summed E-state index contributed by atoms with van der Waals surface area (Å²) in [6.07, 6.45) is 5.43. The predicted octanol–water partition coefficient (Wildman–Crippen LogP) is 3.19. The van der Waals surface area contributed by atoms with Gasteiger partial charge >= 0.3 is 6.03 Å². The van der Waals surface area contributed by atoms with Crippen LogP contribution in [0.15, 0.2) is 54.9 Å². The number of nitrogens with one attached hydrogen (secondary N) is 2. The zero-order chi connectivity index (χ0) is 15.2. The number of hydrogen-bond acceptors (Lipinski definition) is 3. The molecule has 114 valence electrons. The van der Waals surface area contributed by atoms with Gasteiger partial charge in [-0.2, -0.15) is 0 Å². The van der Waals surface area contributed by atoms with E-state index in [2.05, 4.69) is 27.8 Å². The number of rotatable bonds is 3. The number of para-hydroxylation sites is 1. The van der Waals surface area contributed by atoms with E-state index in [-0.39, 0.29) is 6.03 Å². The van der Waals surface area contributed by atoms with E-state index < -0.39 is 0 Å². The summed E-state index contributed by atoms with van der Waals surface area (Å²) in [5.41, 5.74) is 1.88. The van der Waals surface area contributed by atoms with Crippen molar-refractivity contribution in [3.63, 3.8) is 0 Å². The number of nitrogens with zero attached hydrogens (tertiary/aromatic N) is 2. The zero-order valence-corrected chi connectivity index (χ0v) is 12.4. The van der Waals surface area contributed by atoms with Gasteiger partial charge in [-0.05, 0) is 37.1 Å². The summed E-state index contributed by atoms with van der Waals surface area (Å²) < 4.78 is 0. The second-order valence-electron chi connectivity index (χ2n) is 5.46. The summed E-state index contributed by atoms with van der Waals surface area (Å²) in [6.45, 7) is 1.51. The molecule has 1 fully saturated rings. The van der Waals surface area contributed by atoms with Gasteiger partial charge < -0.3 is 15.5 Å². The van der Waals surface area contributed by atoms with Crippen molar-refractivity contribution in [2.45, 2.75) is 18.9 Å². The summed E-state index contributed by atoms with van der Waals surface area (Å²) in [5.74, 6) is 0. The van der Waals surface area contributed by atoms with Crippen molar-refractivity contribution in [3.05, 3.63) is 54.9 Å². The van der Waals surface area contributed by atoms with Crippen LogP contribution in [0.5, 0.6) is 0 Å². The zero-order valence-electron chi connectivity index (χ0n) is 12.4. The molecule has 0 spiro atoms. The quantitative estimate of drug-likeness (QED) is 0.914. The number of carbonyl (C=O) groups is 1. The van der Waals surface area contributed by atoms with Gasteiger partial charge in [0.2, 0.25) is 0 Å². The molecule has 2 aromatic rings. The third kappa shape index (κ3) is 3.75. The lowest BCUT2D eigenvalue weighted by Crippen LogP contribution is -2.46. The normalized spacial score (nSPS) is 17.8. The molecule has 0 bridgehead atoms. The van der Waals surface area contributed by atoms with Crippen LogP contribution in [0.3, 0.4) is 0 Å². The number of anilines is 2. The molecule has 22 heavy (non-hydrogen) atoms. The Morgan fingerprint density at radius 2 is 1.86 bits per heavy atom. The lowest BCUT2D eigenvalue weighted by atomic mass is 10.1. The van der Waals surface area contributed by atoms with Gasteiger partial charge in [-0.3, -0.25) is 4.98 Å². The van der Waals surface area contributed by atoms with E-state index in [1.165, 1.54) is 0 Å². The standard InChI is InChI=1S/C17H20N4O/c22-17(20-15-8-10-18-11-9-15)21-12-4-7-16(13-21)19-14-5-2-1-3-6-14/h1-3,5-6,8-11,16,19H,4,7,12-13H2,(H,18,20,22). The Kier molecular flexibility index (Phi) is 4.53. The molecule has 1 aliphatic rings. The summed E-state index contributed by atoms with van der Waals surface area (Å²) in [5, 5.41) is 6.41. The van der Waals surface area contributed by atoms with Crippen LogP contribution in [0.4, 0.5) is 16.2 Å². The third-order valence-corrected chi connectivity index (χ3v) is 3.78. The molecule has 0 radical (unpaired) electrons. The first-order chi connectivity index (χ1) is 10.8. The molecule has 2 amide bonds. The minimum Gasteiger partial charge on any atom is -0.381 e. The Morgan fingerprint density at radius 3 is 2.64 bits per heavy atom. The molecule has 5 nitrogen and oxygen atoms in total. The van der Waals surface area contributed by atoms with Crippen LogP contribution in [0.2, 0.25) is 0 Å². The van der Waals surface area contributed by atoms with Crippen LogP contribution >= 0.6 is 0 Å². The maximum absolute atomic E-state index is 12.3. The van der Waals surface area contributed by atoms with Gasteiger partial charge in [0.05, 0.1) is 0 Å². The molecule has 2 heterocycles. The molecular formula is C17H20N4O. The number of aromatic nitrogens is 1. The molecule has 3 rings (SSSR count). The second-order valence-corrected chi connectivity index (χ2v) is 5.46. The van der Waals surface area contributed by atoms with Crippen LogP contribution in [0.1, 0.15) is 12.8 Å². The number of pyridine rings is 1. The number of hydrogen-bond donors (Lipinski definition) is 2. The van der Waals surface area contributed by atoms with Gasteiger partial charge in [0.25, 0.3) is 0 Å². The average molecular weight is 296 g/mol.